The largest absolute Gasteiger partial charge is 0.465 e. The molecule has 1 N–H and O–H groups in total. The summed E-state index contributed by atoms with van der Waals surface area (Å²) in [6.07, 6.45) is 4.97. The predicted octanol–water partition coefficient (Wildman–Crippen LogP) is 2.64. The number of ketones is 1. The molecule has 130 valence electrons. The third-order valence-electron chi connectivity index (χ3n) is 8.66. The summed E-state index contributed by atoms with van der Waals surface area (Å²) in [5.74, 6) is 0.358. The normalized spacial score (nSPS) is 55.7. The molecule has 1 heterocycles. The second kappa shape index (κ2) is 4.32. The summed E-state index contributed by atoms with van der Waals surface area (Å²) in [4.78, 5) is 26.4. The number of rotatable bonds is 0. The number of aliphatic hydroxyl groups is 1. The van der Waals surface area contributed by atoms with Crippen molar-refractivity contribution in [3.8, 4) is 0 Å². The number of hydrogen-bond acceptors (Lipinski definition) is 4. The van der Waals surface area contributed by atoms with Crippen molar-refractivity contribution in [2.24, 2.45) is 34.0 Å². The van der Waals surface area contributed by atoms with Gasteiger partial charge in [0.05, 0.1) is 23.5 Å². The monoisotopic (exact) mass is 330 g/mol. The molecule has 0 aromatic rings. The van der Waals surface area contributed by atoms with Crippen LogP contribution in [0.1, 0.15) is 51.9 Å². The van der Waals surface area contributed by atoms with E-state index in [4.69, 9.17) is 4.74 Å². The number of Topliss-reactive ketones (excluding diaryl/α,β-unsaturated/α-hetero) is 1. The fourth-order valence-corrected chi connectivity index (χ4v) is 7.47. The molecule has 5 aliphatic carbocycles. The molecule has 5 saturated carbocycles. The number of carbonyl (C=O) groups is 2. The topological polar surface area (TPSA) is 63.6 Å². The lowest BCUT2D eigenvalue weighted by molar-refractivity contribution is -0.243. The Morgan fingerprint density at radius 2 is 1.96 bits per heavy atom. The summed E-state index contributed by atoms with van der Waals surface area (Å²) in [6.45, 7) is 6.74. The maximum Gasteiger partial charge on any atom is 0.312 e. The van der Waals surface area contributed by atoms with E-state index in [9.17, 15) is 14.7 Å². The minimum atomic E-state index is -0.781. The minimum Gasteiger partial charge on any atom is -0.465 e. The van der Waals surface area contributed by atoms with E-state index in [1.165, 1.54) is 0 Å². The van der Waals surface area contributed by atoms with Crippen molar-refractivity contribution in [2.45, 2.75) is 58.0 Å². The molecule has 0 radical (unpaired) electrons. The summed E-state index contributed by atoms with van der Waals surface area (Å²) >= 11 is 0. The first-order valence-corrected chi connectivity index (χ1v) is 9.43. The van der Waals surface area contributed by atoms with Crippen molar-refractivity contribution in [3.05, 3.63) is 12.2 Å². The number of carbonyl (C=O) groups excluding carboxylic acids is 2. The Kier molecular flexibility index (Phi) is 2.72. The van der Waals surface area contributed by atoms with Gasteiger partial charge in [-0.25, -0.2) is 0 Å². The van der Waals surface area contributed by atoms with Gasteiger partial charge in [0.1, 0.15) is 5.78 Å². The van der Waals surface area contributed by atoms with Crippen molar-refractivity contribution in [3.63, 3.8) is 0 Å². The van der Waals surface area contributed by atoms with Crippen LogP contribution in [0.3, 0.4) is 0 Å². The van der Waals surface area contributed by atoms with E-state index in [0.717, 1.165) is 37.7 Å². The van der Waals surface area contributed by atoms with Crippen LogP contribution in [-0.4, -0.2) is 29.6 Å². The standard InChI is InChI=1S/C20H26O4/c1-11-12-4-7-20(16(11)22)14(8-12)19-6-3-5-18(2,10-24-17(19)23)13(19)9-15(20)21/h12-14,16,22H,1,3-10H2,2H3/t12-,13?,14?,16-,18-,19-,20+/m0/s1. The van der Waals surface area contributed by atoms with Crippen molar-refractivity contribution in [1.82, 2.24) is 0 Å². The van der Waals surface area contributed by atoms with Crippen molar-refractivity contribution in [2.75, 3.05) is 6.61 Å². The van der Waals surface area contributed by atoms with E-state index < -0.39 is 16.9 Å². The van der Waals surface area contributed by atoms with Crippen LogP contribution in [0.4, 0.5) is 0 Å². The van der Waals surface area contributed by atoms with Crippen molar-refractivity contribution >= 4 is 11.8 Å². The Labute approximate surface area is 142 Å². The molecule has 4 bridgehead atoms. The molecule has 1 aliphatic heterocycles. The first-order valence-electron chi connectivity index (χ1n) is 9.43. The Morgan fingerprint density at radius 3 is 2.75 bits per heavy atom. The van der Waals surface area contributed by atoms with Crippen LogP contribution in [0.2, 0.25) is 0 Å². The highest BCUT2D eigenvalue weighted by Crippen LogP contribution is 2.72. The number of ether oxygens (including phenoxy) is 1. The average molecular weight is 330 g/mol. The molecule has 6 rings (SSSR count). The number of fused-ring (bicyclic) bond motifs is 2. The minimum absolute atomic E-state index is 0.0667. The smallest absolute Gasteiger partial charge is 0.312 e. The lowest BCUT2D eigenvalue weighted by Gasteiger charge is -2.68. The number of cyclic esters (lactones) is 1. The molecule has 7 atom stereocenters. The lowest BCUT2D eigenvalue weighted by Crippen LogP contribution is -2.72. The third kappa shape index (κ3) is 1.39. The number of esters is 1. The van der Waals surface area contributed by atoms with Crippen molar-refractivity contribution in [1.29, 1.82) is 0 Å². The van der Waals surface area contributed by atoms with Gasteiger partial charge >= 0.3 is 5.97 Å². The van der Waals surface area contributed by atoms with Gasteiger partial charge in [0.15, 0.2) is 0 Å². The van der Waals surface area contributed by atoms with Crippen LogP contribution >= 0.6 is 0 Å². The summed E-state index contributed by atoms with van der Waals surface area (Å²) in [6, 6.07) is 0. The van der Waals surface area contributed by atoms with E-state index in [1.54, 1.807) is 0 Å². The van der Waals surface area contributed by atoms with Gasteiger partial charge in [-0.05, 0) is 55.4 Å². The Hall–Kier alpha value is -1.16. The van der Waals surface area contributed by atoms with Crippen LogP contribution < -0.4 is 0 Å². The molecular weight excluding hydrogens is 304 g/mol. The molecule has 0 aromatic carbocycles. The summed E-state index contributed by atoms with van der Waals surface area (Å²) in [7, 11) is 0. The van der Waals surface area contributed by atoms with Crippen LogP contribution in [0.15, 0.2) is 12.2 Å². The maximum atomic E-state index is 13.3. The second-order valence-corrected chi connectivity index (χ2v) is 9.35. The quantitative estimate of drug-likeness (QED) is 0.548. The molecule has 2 unspecified atom stereocenters. The molecule has 4 nitrogen and oxygen atoms in total. The summed E-state index contributed by atoms with van der Waals surface area (Å²) in [5, 5.41) is 11.0. The van der Waals surface area contributed by atoms with Gasteiger partial charge in [-0.15, -0.1) is 0 Å². The second-order valence-electron chi connectivity index (χ2n) is 9.35. The van der Waals surface area contributed by atoms with Gasteiger partial charge in [0, 0.05) is 11.8 Å². The van der Waals surface area contributed by atoms with E-state index in [2.05, 4.69) is 13.5 Å². The summed E-state index contributed by atoms with van der Waals surface area (Å²) in [5.41, 5.74) is -0.595. The van der Waals surface area contributed by atoms with Gasteiger partial charge in [0.25, 0.3) is 0 Å². The highest BCUT2D eigenvalue weighted by atomic mass is 16.5. The third-order valence-corrected chi connectivity index (χ3v) is 8.66. The Balaban J connectivity index is 1.72. The van der Waals surface area contributed by atoms with Crippen LogP contribution in [0, 0.1) is 34.0 Å². The maximum absolute atomic E-state index is 13.3. The first-order chi connectivity index (χ1) is 11.4. The number of aliphatic hydroxyl groups excluding tert-OH is 1. The van der Waals surface area contributed by atoms with Crippen LogP contribution in [0.5, 0.6) is 0 Å². The van der Waals surface area contributed by atoms with Gasteiger partial charge in [0.2, 0.25) is 0 Å². The fourth-order valence-electron chi connectivity index (χ4n) is 7.47. The van der Waals surface area contributed by atoms with Crippen molar-refractivity contribution < 1.29 is 19.4 Å². The van der Waals surface area contributed by atoms with Gasteiger partial charge in [-0.3, -0.25) is 9.59 Å². The van der Waals surface area contributed by atoms with E-state index in [-0.39, 0.29) is 34.9 Å². The van der Waals surface area contributed by atoms with Gasteiger partial charge in [-0.2, -0.15) is 0 Å². The lowest BCUT2D eigenvalue weighted by atomic mass is 9.35. The highest BCUT2D eigenvalue weighted by Gasteiger charge is 2.75. The molecule has 24 heavy (non-hydrogen) atoms. The van der Waals surface area contributed by atoms with E-state index in [0.29, 0.717) is 19.4 Å². The zero-order chi connectivity index (χ0) is 16.9. The predicted molar refractivity (Wildman–Crippen MR) is 86.9 cm³/mol. The van der Waals surface area contributed by atoms with Crippen LogP contribution in [0.25, 0.3) is 0 Å². The molecule has 1 saturated heterocycles. The Bertz CT molecular complexity index is 669. The van der Waals surface area contributed by atoms with E-state index >= 15 is 0 Å². The fraction of sp³-hybridized carbons (Fsp3) is 0.800. The molecule has 6 fully saturated rings. The molecule has 0 aromatic heterocycles. The van der Waals surface area contributed by atoms with E-state index in [1.807, 2.05) is 0 Å². The first kappa shape index (κ1) is 15.1. The highest BCUT2D eigenvalue weighted by molar-refractivity contribution is 5.92. The average Bonchev–Trinajstić information content (AvgIpc) is 2.57. The van der Waals surface area contributed by atoms with Gasteiger partial charge < -0.3 is 9.84 Å². The van der Waals surface area contributed by atoms with Gasteiger partial charge in [-0.1, -0.05) is 19.9 Å². The molecule has 0 amide bonds. The molecular formula is C20H26O4. The number of hydrogen-bond donors (Lipinski definition) is 1. The zero-order valence-electron chi connectivity index (χ0n) is 14.3. The summed E-state index contributed by atoms with van der Waals surface area (Å²) < 4.78 is 5.70. The SMILES string of the molecule is C=C1[C@H]2CC[C@@]3(C(=O)CC4[C@@]5(C)CCC[C@@]4(C(=O)OC5)C3C2)[C@H]1O. The molecule has 4 heteroatoms. The molecule has 1 spiro atoms. The Morgan fingerprint density at radius 1 is 1.17 bits per heavy atom. The molecule has 6 aliphatic rings. The van der Waals surface area contributed by atoms with Crippen LogP contribution in [-0.2, 0) is 14.3 Å². The zero-order valence-corrected chi connectivity index (χ0v) is 14.3.